The van der Waals surface area contributed by atoms with Crippen molar-refractivity contribution in [1.82, 2.24) is 19.6 Å². The second-order valence-electron chi connectivity index (χ2n) is 6.83. The summed E-state index contributed by atoms with van der Waals surface area (Å²) in [5.41, 5.74) is 3.66. The molecule has 0 fully saturated rings. The van der Waals surface area contributed by atoms with Gasteiger partial charge < -0.3 is 14.9 Å². The summed E-state index contributed by atoms with van der Waals surface area (Å²) in [5.74, 6) is 0.101. The summed E-state index contributed by atoms with van der Waals surface area (Å²) >= 11 is 1.64. The average Bonchev–Trinajstić information content (AvgIpc) is 3.15. The zero-order chi connectivity index (χ0) is 18.1. The molecule has 6 nitrogen and oxygen atoms in total. The Kier molecular flexibility index (Phi) is 5.27. The lowest BCUT2D eigenvalue weighted by Gasteiger charge is -2.27. The highest BCUT2D eigenvalue weighted by atomic mass is 32.1. The Hall–Kier alpha value is -1.70. The molecule has 1 aliphatic heterocycles. The number of fused-ring (bicyclic) bond motifs is 1. The molecule has 7 heteroatoms. The van der Waals surface area contributed by atoms with Gasteiger partial charge in [-0.2, -0.15) is 5.10 Å². The van der Waals surface area contributed by atoms with Crippen LogP contribution in [-0.2, 0) is 19.5 Å². The van der Waals surface area contributed by atoms with E-state index in [1.165, 1.54) is 4.88 Å². The van der Waals surface area contributed by atoms with E-state index in [0.717, 1.165) is 23.2 Å². The van der Waals surface area contributed by atoms with E-state index in [2.05, 4.69) is 18.9 Å². The summed E-state index contributed by atoms with van der Waals surface area (Å²) in [5, 5.41) is 16.8. The number of hydrogen-bond acceptors (Lipinski definition) is 5. The van der Waals surface area contributed by atoms with Gasteiger partial charge in [0.05, 0.1) is 30.0 Å². The third kappa shape index (κ3) is 3.63. The van der Waals surface area contributed by atoms with Crippen LogP contribution in [0.25, 0.3) is 0 Å². The molecule has 0 saturated carbocycles. The SMILES string of the molecule is CCc1c(C(=O)N2CCn3nc([C@H](O)CN(C)C)cc3C2)csc1C. The van der Waals surface area contributed by atoms with Crippen LogP contribution < -0.4 is 0 Å². The third-order valence-electron chi connectivity index (χ3n) is 4.67. The van der Waals surface area contributed by atoms with Crippen LogP contribution >= 0.6 is 11.3 Å². The number of hydrogen-bond donors (Lipinski definition) is 1. The standard InChI is InChI=1S/C18H26N4O2S/c1-5-14-12(2)25-11-15(14)18(24)21-6-7-22-13(9-21)8-16(19-22)17(23)10-20(3)4/h8,11,17,23H,5-7,9-10H2,1-4H3/t17-/m1/s1. The number of aliphatic hydroxyl groups is 1. The fraction of sp³-hybridized carbons (Fsp3) is 0.556. The molecule has 3 heterocycles. The summed E-state index contributed by atoms with van der Waals surface area (Å²) in [6, 6.07) is 1.92. The van der Waals surface area contributed by atoms with Gasteiger partial charge in [0.1, 0.15) is 6.10 Å². The third-order valence-corrected chi connectivity index (χ3v) is 5.62. The summed E-state index contributed by atoms with van der Waals surface area (Å²) in [7, 11) is 3.85. The van der Waals surface area contributed by atoms with E-state index in [9.17, 15) is 9.90 Å². The first-order valence-corrected chi connectivity index (χ1v) is 9.54. The number of aryl methyl sites for hydroxylation is 1. The molecule has 0 bridgehead atoms. The van der Waals surface area contributed by atoms with E-state index in [0.29, 0.717) is 31.9 Å². The highest BCUT2D eigenvalue weighted by Gasteiger charge is 2.26. The van der Waals surface area contributed by atoms with Gasteiger partial charge in [-0.05, 0) is 39.1 Å². The smallest absolute Gasteiger partial charge is 0.255 e. The Labute approximate surface area is 152 Å². The topological polar surface area (TPSA) is 61.6 Å². The number of thiophene rings is 1. The molecule has 0 unspecified atom stereocenters. The van der Waals surface area contributed by atoms with Crippen LogP contribution in [0.2, 0.25) is 0 Å². The van der Waals surface area contributed by atoms with E-state index in [-0.39, 0.29) is 5.91 Å². The van der Waals surface area contributed by atoms with Crippen LogP contribution in [0.4, 0.5) is 0 Å². The number of nitrogens with zero attached hydrogens (tertiary/aromatic N) is 4. The second kappa shape index (κ2) is 7.27. The molecule has 136 valence electrons. The molecule has 2 aromatic heterocycles. The van der Waals surface area contributed by atoms with Crippen molar-refractivity contribution >= 4 is 17.2 Å². The van der Waals surface area contributed by atoms with Gasteiger partial charge in [0, 0.05) is 23.3 Å². The Morgan fingerprint density at radius 2 is 2.20 bits per heavy atom. The summed E-state index contributed by atoms with van der Waals surface area (Å²) in [4.78, 5) is 18.0. The molecular formula is C18H26N4O2S. The van der Waals surface area contributed by atoms with Crippen molar-refractivity contribution in [3.05, 3.63) is 38.8 Å². The van der Waals surface area contributed by atoms with E-state index >= 15 is 0 Å². The Morgan fingerprint density at radius 1 is 1.44 bits per heavy atom. The van der Waals surface area contributed by atoms with Gasteiger partial charge in [-0.15, -0.1) is 11.3 Å². The van der Waals surface area contributed by atoms with Crippen LogP contribution in [0.5, 0.6) is 0 Å². The van der Waals surface area contributed by atoms with Crippen LogP contribution in [0.3, 0.4) is 0 Å². The van der Waals surface area contributed by atoms with Crippen LogP contribution in [0.15, 0.2) is 11.4 Å². The van der Waals surface area contributed by atoms with Crippen LogP contribution in [-0.4, -0.2) is 57.8 Å². The van der Waals surface area contributed by atoms with Crippen molar-refractivity contribution in [3.63, 3.8) is 0 Å². The van der Waals surface area contributed by atoms with Crippen molar-refractivity contribution in [2.75, 3.05) is 27.2 Å². The van der Waals surface area contributed by atoms with E-state index in [1.807, 2.05) is 40.0 Å². The second-order valence-corrected chi connectivity index (χ2v) is 7.91. The van der Waals surface area contributed by atoms with Crippen molar-refractivity contribution in [2.45, 2.75) is 39.5 Å². The van der Waals surface area contributed by atoms with E-state index in [4.69, 9.17) is 0 Å². The first-order chi connectivity index (χ1) is 11.9. The maximum atomic E-state index is 12.9. The summed E-state index contributed by atoms with van der Waals surface area (Å²) in [6.07, 6.45) is 0.270. The highest BCUT2D eigenvalue weighted by molar-refractivity contribution is 7.10. The minimum Gasteiger partial charge on any atom is -0.385 e. The lowest BCUT2D eigenvalue weighted by molar-refractivity contribution is 0.0705. The number of carbonyl (C=O) groups excluding carboxylic acids is 1. The first-order valence-electron chi connectivity index (χ1n) is 8.66. The van der Waals surface area contributed by atoms with Gasteiger partial charge in [0.25, 0.3) is 5.91 Å². The molecule has 0 aromatic carbocycles. The maximum Gasteiger partial charge on any atom is 0.255 e. The Morgan fingerprint density at radius 3 is 2.88 bits per heavy atom. The van der Waals surface area contributed by atoms with Gasteiger partial charge in [-0.1, -0.05) is 6.92 Å². The van der Waals surface area contributed by atoms with Crippen LogP contribution in [0.1, 0.15) is 45.2 Å². The van der Waals surface area contributed by atoms with Gasteiger partial charge >= 0.3 is 0 Å². The summed E-state index contributed by atoms with van der Waals surface area (Å²) < 4.78 is 1.91. The highest BCUT2D eigenvalue weighted by Crippen LogP contribution is 2.26. The van der Waals surface area contributed by atoms with Gasteiger partial charge in [0.15, 0.2) is 0 Å². The molecule has 0 radical (unpaired) electrons. The van der Waals surface area contributed by atoms with Crippen molar-refractivity contribution < 1.29 is 9.90 Å². The molecule has 2 aromatic rings. The fourth-order valence-corrected chi connectivity index (χ4v) is 4.27. The largest absolute Gasteiger partial charge is 0.385 e. The number of aromatic nitrogens is 2. The number of aliphatic hydroxyl groups excluding tert-OH is 1. The predicted molar refractivity (Wildman–Crippen MR) is 98.9 cm³/mol. The quantitative estimate of drug-likeness (QED) is 0.884. The number of amides is 1. The van der Waals surface area contributed by atoms with Gasteiger partial charge in [0.2, 0.25) is 0 Å². The van der Waals surface area contributed by atoms with Gasteiger partial charge in [-0.3, -0.25) is 9.48 Å². The number of carbonyl (C=O) groups is 1. The van der Waals surface area contributed by atoms with Gasteiger partial charge in [-0.25, -0.2) is 0 Å². The predicted octanol–water partition coefficient (Wildman–Crippen LogP) is 2.07. The molecule has 1 atom stereocenters. The molecule has 0 saturated heterocycles. The lowest BCUT2D eigenvalue weighted by Crippen LogP contribution is -2.38. The fourth-order valence-electron chi connectivity index (χ4n) is 3.33. The van der Waals surface area contributed by atoms with E-state index in [1.54, 1.807) is 11.3 Å². The molecular weight excluding hydrogens is 336 g/mol. The molecule has 1 aliphatic rings. The average molecular weight is 362 g/mol. The molecule has 1 amide bonds. The van der Waals surface area contributed by atoms with Crippen molar-refractivity contribution in [3.8, 4) is 0 Å². The number of likely N-dealkylation sites (N-methyl/N-ethyl adjacent to an activating group) is 1. The zero-order valence-electron chi connectivity index (χ0n) is 15.3. The van der Waals surface area contributed by atoms with Crippen molar-refractivity contribution in [1.29, 1.82) is 0 Å². The summed E-state index contributed by atoms with van der Waals surface area (Å²) in [6.45, 7) is 6.56. The monoisotopic (exact) mass is 362 g/mol. The molecule has 1 N–H and O–H groups in total. The molecule has 3 rings (SSSR count). The normalized spacial score (nSPS) is 15.5. The minimum absolute atomic E-state index is 0.101. The zero-order valence-corrected chi connectivity index (χ0v) is 16.1. The molecule has 25 heavy (non-hydrogen) atoms. The molecule has 0 aliphatic carbocycles. The Balaban J connectivity index is 1.77. The first kappa shape index (κ1) is 18.1. The minimum atomic E-state index is -0.608. The molecule has 0 spiro atoms. The maximum absolute atomic E-state index is 12.9. The Bertz CT molecular complexity index is 765. The van der Waals surface area contributed by atoms with E-state index < -0.39 is 6.10 Å². The lowest BCUT2D eigenvalue weighted by atomic mass is 10.1. The number of rotatable bonds is 5. The van der Waals surface area contributed by atoms with Crippen LogP contribution in [0, 0.1) is 6.92 Å². The van der Waals surface area contributed by atoms with Crippen molar-refractivity contribution in [2.24, 2.45) is 0 Å².